The fourth-order valence-electron chi connectivity index (χ4n) is 1.67. The fourth-order valence-corrected chi connectivity index (χ4v) is 2.16. The number of anilines is 1. The van der Waals surface area contributed by atoms with E-state index in [4.69, 9.17) is 28.9 Å². The first kappa shape index (κ1) is 12.9. The van der Waals surface area contributed by atoms with Gasteiger partial charge in [0.1, 0.15) is 0 Å². The van der Waals surface area contributed by atoms with E-state index in [2.05, 4.69) is 0 Å². The molecule has 0 amide bonds. The summed E-state index contributed by atoms with van der Waals surface area (Å²) in [5, 5.41) is 0.949. The number of benzene rings is 2. The highest BCUT2D eigenvalue weighted by Gasteiger charge is 2.12. The molecule has 0 heterocycles. The fraction of sp³-hybridized carbons (Fsp3) is 0.0714. The Labute approximate surface area is 115 Å². The molecule has 0 aliphatic carbocycles. The SMILES string of the molecule is Nc1ccc(C(=O)Cc2ccccc2Cl)c(Cl)c1. The second-order valence-corrected chi connectivity index (χ2v) is 4.75. The van der Waals surface area contributed by atoms with Gasteiger partial charge in [0.05, 0.1) is 5.02 Å². The summed E-state index contributed by atoms with van der Waals surface area (Å²) in [6, 6.07) is 12.1. The molecule has 0 aliphatic heterocycles. The van der Waals surface area contributed by atoms with Gasteiger partial charge in [0, 0.05) is 22.7 Å². The Morgan fingerprint density at radius 2 is 1.78 bits per heavy atom. The molecule has 0 saturated heterocycles. The Morgan fingerprint density at radius 3 is 2.44 bits per heavy atom. The normalized spacial score (nSPS) is 10.3. The van der Waals surface area contributed by atoms with Crippen molar-refractivity contribution in [2.24, 2.45) is 0 Å². The molecule has 18 heavy (non-hydrogen) atoms. The first-order chi connectivity index (χ1) is 8.58. The lowest BCUT2D eigenvalue weighted by Crippen LogP contribution is -2.05. The van der Waals surface area contributed by atoms with E-state index in [0.717, 1.165) is 5.56 Å². The molecule has 0 spiro atoms. The van der Waals surface area contributed by atoms with Crippen LogP contribution in [0.3, 0.4) is 0 Å². The molecule has 0 atom stereocenters. The summed E-state index contributed by atoms with van der Waals surface area (Å²) in [5.41, 5.74) is 7.38. The molecule has 0 saturated carbocycles. The number of nitrogen functional groups attached to an aromatic ring is 1. The third kappa shape index (κ3) is 2.84. The van der Waals surface area contributed by atoms with Crippen LogP contribution in [0.2, 0.25) is 10.0 Å². The third-order valence-corrected chi connectivity index (χ3v) is 3.28. The van der Waals surface area contributed by atoms with E-state index in [0.29, 0.717) is 21.3 Å². The van der Waals surface area contributed by atoms with Crippen LogP contribution in [0.15, 0.2) is 42.5 Å². The Morgan fingerprint density at radius 1 is 1.06 bits per heavy atom. The van der Waals surface area contributed by atoms with Crippen molar-refractivity contribution in [1.29, 1.82) is 0 Å². The maximum atomic E-state index is 12.1. The smallest absolute Gasteiger partial charge is 0.168 e. The predicted molar refractivity (Wildman–Crippen MR) is 75.4 cm³/mol. The van der Waals surface area contributed by atoms with E-state index in [1.165, 1.54) is 0 Å². The van der Waals surface area contributed by atoms with Crippen LogP contribution in [0.4, 0.5) is 5.69 Å². The van der Waals surface area contributed by atoms with Crippen LogP contribution in [-0.4, -0.2) is 5.78 Å². The molecule has 2 aromatic carbocycles. The summed E-state index contributed by atoms with van der Waals surface area (Å²) in [4.78, 5) is 12.1. The van der Waals surface area contributed by atoms with Gasteiger partial charge in [-0.15, -0.1) is 0 Å². The summed E-state index contributed by atoms with van der Waals surface area (Å²) in [5.74, 6) is -0.0758. The lowest BCUT2D eigenvalue weighted by Gasteiger charge is -2.06. The van der Waals surface area contributed by atoms with Crippen LogP contribution in [0.25, 0.3) is 0 Å². The molecule has 92 valence electrons. The molecule has 2 rings (SSSR count). The largest absolute Gasteiger partial charge is 0.399 e. The van der Waals surface area contributed by atoms with Crippen molar-refractivity contribution in [1.82, 2.24) is 0 Å². The Hall–Kier alpha value is -1.51. The summed E-state index contributed by atoms with van der Waals surface area (Å²) in [6.07, 6.45) is 0.226. The number of rotatable bonds is 3. The quantitative estimate of drug-likeness (QED) is 0.682. The average Bonchev–Trinajstić information content (AvgIpc) is 2.32. The molecular weight excluding hydrogens is 269 g/mol. The molecule has 0 unspecified atom stereocenters. The van der Waals surface area contributed by atoms with Crippen molar-refractivity contribution in [3.63, 3.8) is 0 Å². The molecule has 2 aromatic rings. The molecular formula is C14H11Cl2NO. The van der Waals surface area contributed by atoms with Crippen molar-refractivity contribution in [3.8, 4) is 0 Å². The van der Waals surface area contributed by atoms with Gasteiger partial charge in [-0.25, -0.2) is 0 Å². The molecule has 4 heteroatoms. The highest BCUT2D eigenvalue weighted by molar-refractivity contribution is 6.34. The minimum absolute atomic E-state index is 0.0758. The van der Waals surface area contributed by atoms with Crippen LogP contribution >= 0.6 is 23.2 Å². The molecule has 0 aromatic heterocycles. The van der Waals surface area contributed by atoms with Crippen molar-refractivity contribution in [3.05, 3.63) is 63.6 Å². The molecule has 2 nitrogen and oxygen atoms in total. The van der Waals surface area contributed by atoms with Gasteiger partial charge in [0.15, 0.2) is 5.78 Å². The van der Waals surface area contributed by atoms with Gasteiger partial charge < -0.3 is 5.73 Å². The number of Topliss-reactive ketones (excluding diaryl/α,β-unsaturated/α-hetero) is 1. The van der Waals surface area contributed by atoms with Gasteiger partial charge in [0.2, 0.25) is 0 Å². The number of carbonyl (C=O) groups is 1. The van der Waals surface area contributed by atoms with E-state index < -0.39 is 0 Å². The lowest BCUT2D eigenvalue weighted by atomic mass is 10.0. The zero-order valence-electron chi connectivity index (χ0n) is 9.49. The van der Waals surface area contributed by atoms with Gasteiger partial charge >= 0.3 is 0 Å². The van der Waals surface area contributed by atoms with Gasteiger partial charge in [-0.1, -0.05) is 41.4 Å². The molecule has 2 N–H and O–H groups in total. The topological polar surface area (TPSA) is 43.1 Å². The number of ketones is 1. The first-order valence-corrected chi connectivity index (χ1v) is 6.15. The zero-order valence-corrected chi connectivity index (χ0v) is 11.0. The standard InChI is InChI=1S/C14H11Cl2NO/c15-12-4-2-1-3-9(12)7-14(18)11-6-5-10(17)8-13(11)16/h1-6,8H,7,17H2. The number of carbonyl (C=O) groups excluding carboxylic acids is 1. The summed E-state index contributed by atoms with van der Waals surface area (Å²) in [6.45, 7) is 0. The van der Waals surface area contributed by atoms with Crippen molar-refractivity contribution >= 4 is 34.7 Å². The van der Waals surface area contributed by atoms with E-state index in [9.17, 15) is 4.79 Å². The van der Waals surface area contributed by atoms with Crippen LogP contribution in [0, 0.1) is 0 Å². The molecule has 0 aliphatic rings. The maximum Gasteiger partial charge on any atom is 0.168 e. The number of hydrogen-bond donors (Lipinski definition) is 1. The third-order valence-electron chi connectivity index (χ3n) is 2.60. The van der Waals surface area contributed by atoms with Crippen molar-refractivity contribution < 1.29 is 4.79 Å². The monoisotopic (exact) mass is 279 g/mol. The Balaban J connectivity index is 2.25. The van der Waals surface area contributed by atoms with Crippen molar-refractivity contribution in [2.45, 2.75) is 6.42 Å². The molecule has 0 bridgehead atoms. The highest BCUT2D eigenvalue weighted by Crippen LogP contribution is 2.23. The first-order valence-electron chi connectivity index (χ1n) is 5.39. The Kier molecular flexibility index (Phi) is 3.90. The average molecular weight is 280 g/mol. The summed E-state index contributed by atoms with van der Waals surface area (Å²) in [7, 11) is 0. The minimum Gasteiger partial charge on any atom is -0.399 e. The van der Waals surface area contributed by atoms with Gasteiger partial charge in [-0.3, -0.25) is 4.79 Å². The number of halogens is 2. The second kappa shape index (κ2) is 5.42. The van der Waals surface area contributed by atoms with E-state index in [1.54, 1.807) is 24.3 Å². The van der Waals surface area contributed by atoms with Crippen LogP contribution in [-0.2, 0) is 6.42 Å². The van der Waals surface area contributed by atoms with E-state index in [-0.39, 0.29) is 12.2 Å². The second-order valence-electron chi connectivity index (χ2n) is 3.93. The Bertz CT molecular complexity index is 596. The predicted octanol–water partition coefficient (Wildman–Crippen LogP) is 4.00. The van der Waals surface area contributed by atoms with Gasteiger partial charge in [0.25, 0.3) is 0 Å². The lowest BCUT2D eigenvalue weighted by molar-refractivity contribution is 0.0993. The van der Waals surface area contributed by atoms with E-state index >= 15 is 0 Å². The molecule has 0 radical (unpaired) electrons. The van der Waals surface area contributed by atoms with Crippen molar-refractivity contribution in [2.75, 3.05) is 5.73 Å². The van der Waals surface area contributed by atoms with Gasteiger partial charge in [-0.05, 0) is 29.8 Å². The number of nitrogens with two attached hydrogens (primary N) is 1. The summed E-state index contributed by atoms with van der Waals surface area (Å²) < 4.78 is 0. The summed E-state index contributed by atoms with van der Waals surface area (Å²) >= 11 is 12.0. The van der Waals surface area contributed by atoms with Crippen LogP contribution in [0.5, 0.6) is 0 Å². The molecule has 0 fully saturated rings. The maximum absolute atomic E-state index is 12.1. The highest BCUT2D eigenvalue weighted by atomic mass is 35.5. The minimum atomic E-state index is -0.0758. The van der Waals surface area contributed by atoms with Crippen LogP contribution < -0.4 is 5.73 Å². The zero-order chi connectivity index (χ0) is 13.1. The van der Waals surface area contributed by atoms with E-state index in [1.807, 2.05) is 18.2 Å². The number of hydrogen-bond acceptors (Lipinski definition) is 2. The van der Waals surface area contributed by atoms with Crippen LogP contribution in [0.1, 0.15) is 15.9 Å². The van der Waals surface area contributed by atoms with Gasteiger partial charge in [-0.2, -0.15) is 0 Å².